The predicted molar refractivity (Wildman–Crippen MR) is 111 cm³/mol. The van der Waals surface area contributed by atoms with E-state index in [-0.39, 0.29) is 53.9 Å². The number of amides is 1. The Kier molecular flexibility index (Phi) is 5.87. The molecule has 1 aromatic heterocycles. The number of hydrogen-bond donors (Lipinski definition) is 1. The minimum absolute atomic E-state index is 0.00574. The first-order valence-corrected chi connectivity index (χ1v) is 10.1. The monoisotopic (exact) mass is 439 g/mol. The molecule has 7 nitrogen and oxygen atoms in total. The number of benzene rings is 2. The van der Waals surface area contributed by atoms with Crippen LogP contribution in [0.1, 0.15) is 41.3 Å². The fourth-order valence-electron chi connectivity index (χ4n) is 3.83. The molecule has 31 heavy (non-hydrogen) atoms. The predicted octanol–water partition coefficient (Wildman–Crippen LogP) is 4.04. The molecule has 1 fully saturated rings. The highest BCUT2D eigenvalue weighted by Gasteiger charge is 2.41. The van der Waals surface area contributed by atoms with Gasteiger partial charge in [-0.05, 0) is 42.5 Å². The van der Waals surface area contributed by atoms with Crippen molar-refractivity contribution in [2.75, 3.05) is 5.73 Å². The quantitative estimate of drug-likeness (QED) is 0.620. The van der Waals surface area contributed by atoms with Crippen LogP contribution in [0.5, 0.6) is 0 Å². The number of carbonyl (C=O) groups excluding carboxylic acids is 1. The lowest BCUT2D eigenvalue weighted by Crippen LogP contribution is -2.42. The lowest BCUT2D eigenvalue weighted by atomic mass is 9.69. The van der Waals surface area contributed by atoms with Crippen molar-refractivity contribution in [3.05, 3.63) is 75.9 Å². The van der Waals surface area contributed by atoms with Gasteiger partial charge in [-0.1, -0.05) is 41.0 Å². The van der Waals surface area contributed by atoms with Crippen LogP contribution in [0.25, 0.3) is 0 Å². The zero-order valence-electron chi connectivity index (χ0n) is 16.5. The van der Waals surface area contributed by atoms with Crippen molar-refractivity contribution >= 4 is 23.5 Å². The van der Waals surface area contributed by atoms with Crippen molar-refractivity contribution in [1.29, 1.82) is 5.26 Å². The van der Waals surface area contributed by atoms with Gasteiger partial charge in [0.2, 0.25) is 11.8 Å². The Bertz CT molecular complexity index is 1160. The highest BCUT2D eigenvalue weighted by molar-refractivity contribution is 6.31. The molecule has 2 unspecified atom stereocenters. The molecule has 1 heterocycles. The van der Waals surface area contributed by atoms with Gasteiger partial charge in [0.15, 0.2) is 0 Å². The Morgan fingerprint density at radius 3 is 2.68 bits per heavy atom. The largest absolute Gasteiger partial charge is 0.406 e. The number of halogens is 2. The Hall–Kier alpha value is -3.44. The highest BCUT2D eigenvalue weighted by atomic mass is 35.5. The Morgan fingerprint density at radius 1 is 1.26 bits per heavy atom. The summed E-state index contributed by atoms with van der Waals surface area (Å²) in [5.74, 6) is -0.854. The second-order valence-corrected chi connectivity index (χ2v) is 7.87. The van der Waals surface area contributed by atoms with E-state index in [0.717, 1.165) is 18.1 Å². The second kappa shape index (κ2) is 8.74. The summed E-state index contributed by atoms with van der Waals surface area (Å²) >= 11 is 6.34. The summed E-state index contributed by atoms with van der Waals surface area (Å²) in [5.41, 5.74) is 6.93. The number of nitrogens with two attached hydrogens (primary N) is 1. The number of rotatable bonds is 6. The summed E-state index contributed by atoms with van der Waals surface area (Å²) in [5, 5.41) is 17.0. The maximum Gasteiger partial charge on any atom is 0.312 e. The standard InChI is InChI=1S/C22H19ClFN5O2/c23-18-4-2-1-3-16(18)15-7-8-17(15)21(30)29(12-20-27-28-22(26)31-20)11-14-6-5-13(10-25)9-19(14)24/h1-6,9,15,17H,7-8,11-12H2,(H2,26,28). The minimum atomic E-state index is -0.557. The molecule has 1 aliphatic rings. The van der Waals surface area contributed by atoms with Gasteiger partial charge in [-0.25, -0.2) is 4.39 Å². The molecule has 3 aromatic rings. The number of hydrogen-bond acceptors (Lipinski definition) is 6. The maximum atomic E-state index is 14.5. The molecule has 0 saturated heterocycles. The fraction of sp³-hybridized carbons (Fsp3) is 0.273. The van der Waals surface area contributed by atoms with Crippen LogP contribution in [-0.2, 0) is 17.9 Å². The van der Waals surface area contributed by atoms with E-state index >= 15 is 0 Å². The summed E-state index contributed by atoms with van der Waals surface area (Å²) < 4.78 is 19.8. The molecule has 1 amide bonds. The maximum absolute atomic E-state index is 14.5. The van der Waals surface area contributed by atoms with Crippen LogP contribution in [0.2, 0.25) is 5.02 Å². The Labute approximate surface area is 183 Å². The molecular weight excluding hydrogens is 421 g/mol. The van der Waals surface area contributed by atoms with Gasteiger partial charge in [-0.2, -0.15) is 5.26 Å². The average Bonchev–Trinajstić information content (AvgIpc) is 3.14. The number of aromatic nitrogens is 2. The van der Waals surface area contributed by atoms with Crippen LogP contribution in [0, 0.1) is 23.1 Å². The first kappa shape index (κ1) is 20.8. The van der Waals surface area contributed by atoms with Crippen LogP contribution in [0.4, 0.5) is 10.4 Å². The van der Waals surface area contributed by atoms with Crippen molar-refractivity contribution in [3.8, 4) is 6.07 Å². The summed E-state index contributed by atoms with van der Waals surface area (Å²) in [6.45, 7) is -0.0153. The highest BCUT2D eigenvalue weighted by Crippen LogP contribution is 2.46. The van der Waals surface area contributed by atoms with Gasteiger partial charge >= 0.3 is 6.01 Å². The van der Waals surface area contributed by atoms with Gasteiger partial charge in [0.25, 0.3) is 0 Å². The summed E-state index contributed by atoms with van der Waals surface area (Å²) in [7, 11) is 0. The van der Waals surface area contributed by atoms with Gasteiger partial charge in [-0.15, -0.1) is 5.10 Å². The molecule has 158 valence electrons. The van der Waals surface area contributed by atoms with E-state index in [9.17, 15) is 9.18 Å². The van der Waals surface area contributed by atoms with E-state index in [0.29, 0.717) is 11.4 Å². The lowest BCUT2D eigenvalue weighted by Gasteiger charge is -2.39. The molecule has 1 saturated carbocycles. The van der Waals surface area contributed by atoms with Gasteiger partial charge in [0.05, 0.1) is 18.2 Å². The van der Waals surface area contributed by atoms with Crippen molar-refractivity contribution in [3.63, 3.8) is 0 Å². The van der Waals surface area contributed by atoms with E-state index in [2.05, 4.69) is 10.2 Å². The van der Waals surface area contributed by atoms with E-state index < -0.39 is 5.82 Å². The van der Waals surface area contributed by atoms with Crippen molar-refractivity contribution in [1.82, 2.24) is 15.1 Å². The van der Waals surface area contributed by atoms with Crippen LogP contribution in [0.3, 0.4) is 0 Å². The zero-order valence-corrected chi connectivity index (χ0v) is 17.2. The lowest BCUT2D eigenvalue weighted by molar-refractivity contribution is -0.141. The SMILES string of the molecule is N#Cc1ccc(CN(Cc2nnc(N)o2)C(=O)C2CCC2c2ccccc2Cl)c(F)c1. The van der Waals surface area contributed by atoms with Crippen LogP contribution < -0.4 is 5.73 Å². The number of carbonyl (C=O) groups is 1. The summed E-state index contributed by atoms with van der Waals surface area (Å²) in [6.07, 6.45) is 1.54. The first-order valence-electron chi connectivity index (χ1n) is 9.76. The summed E-state index contributed by atoms with van der Waals surface area (Å²) in [4.78, 5) is 14.9. The second-order valence-electron chi connectivity index (χ2n) is 7.46. The molecule has 0 bridgehead atoms. The van der Waals surface area contributed by atoms with Crippen LogP contribution in [-0.4, -0.2) is 21.0 Å². The molecule has 2 atom stereocenters. The normalized spacial score (nSPS) is 17.6. The molecular formula is C22H19ClFN5O2. The van der Waals surface area contributed by atoms with E-state index in [1.807, 2.05) is 30.3 Å². The van der Waals surface area contributed by atoms with Gasteiger partial charge in [0.1, 0.15) is 5.82 Å². The molecule has 2 aromatic carbocycles. The van der Waals surface area contributed by atoms with E-state index in [1.54, 1.807) is 0 Å². The van der Waals surface area contributed by atoms with Gasteiger partial charge in [0, 0.05) is 23.0 Å². The molecule has 0 spiro atoms. The van der Waals surface area contributed by atoms with Crippen LogP contribution in [0.15, 0.2) is 46.9 Å². The molecule has 1 aliphatic carbocycles. The van der Waals surface area contributed by atoms with E-state index in [1.165, 1.54) is 17.0 Å². The molecule has 4 rings (SSSR count). The smallest absolute Gasteiger partial charge is 0.312 e. The fourth-order valence-corrected chi connectivity index (χ4v) is 4.11. The van der Waals surface area contributed by atoms with Crippen molar-refractivity contribution < 1.29 is 13.6 Å². The third kappa shape index (κ3) is 4.37. The number of anilines is 1. The topological polar surface area (TPSA) is 109 Å². The first-order chi connectivity index (χ1) is 15.0. The molecule has 0 aliphatic heterocycles. The Morgan fingerprint density at radius 2 is 2.06 bits per heavy atom. The number of nitrogen functional groups attached to an aromatic ring is 1. The van der Waals surface area contributed by atoms with Crippen LogP contribution >= 0.6 is 11.6 Å². The van der Waals surface area contributed by atoms with Crippen molar-refractivity contribution in [2.24, 2.45) is 5.92 Å². The molecule has 9 heteroatoms. The third-order valence-electron chi connectivity index (χ3n) is 5.56. The Balaban J connectivity index is 1.60. The van der Waals surface area contributed by atoms with Gasteiger partial charge < -0.3 is 15.1 Å². The third-order valence-corrected chi connectivity index (χ3v) is 5.90. The average molecular weight is 440 g/mol. The molecule has 2 N–H and O–H groups in total. The summed E-state index contributed by atoms with van der Waals surface area (Å²) in [6, 6.07) is 13.4. The zero-order chi connectivity index (χ0) is 22.0. The molecule has 0 radical (unpaired) electrons. The van der Waals surface area contributed by atoms with Crippen molar-refractivity contribution in [2.45, 2.75) is 31.8 Å². The number of nitriles is 1. The minimum Gasteiger partial charge on any atom is -0.406 e. The van der Waals surface area contributed by atoms with Gasteiger partial charge in [-0.3, -0.25) is 4.79 Å². The van der Waals surface area contributed by atoms with E-state index in [4.69, 9.17) is 27.0 Å². The number of nitrogens with zero attached hydrogens (tertiary/aromatic N) is 4.